The Bertz CT molecular complexity index is 213. The fourth-order valence-corrected chi connectivity index (χ4v) is 3.15. The van der Waals surface area contributed by atoms with Gasteiger partial charge >= 0.3 is 101 Å². The first kappa shape index (κ1) is 13.1. The Balaban J connectivity index is 1.81. The van der Waals surface area contributed by atoms with E-state index in [1.807, 2.05) is 0 Å². The van der Waals surface area contributed by atoms with Crippen molar-refractivity contribution in [3.8, 4) is 0 Å². The van der Waals surface area contributed by atoms with E-state index in [1.54, 1.807) is 0 Å². The Labute approximate surface area is 101 Å². The monoisotopic (exact) mass is 271 g/mol. The first-order chi connectivity index (χ1) is 7.43. The van der Waals surface area contributed by atoms with Crippen molar-refractivity contribution in [1.29, 1.82) is 0 Å². The summed E-state index contributed by atoms with van der Waals surface area (Å²) in [6.45, 7) is 2.28. The van der Waals surface area contributed by atoms with Gasteiger partial charge in [-0.25, -0.2) is 0 Å². The molecular weight excluding hydrogens is 247 g/mol. The zero-order valence-electron chi connectivity index (χ0n) is 9.93. The summed E-state index contributed by atoms with van der Waals surface area (Å²) >= 11 is 0.565. The summed E-state index contributed by atoms with van der Waals surface area (Å²) in [5.41, 5.74) is 1.47. The van der Waals surface area contributed by atoms with Crippen LogP contribution >= 0.6 is 0 Å². The van der Waals surface area contributed by atoms with Gasteiger partial charge in [-0.3, -0.25) is 0 Å². The number of hydrogen-bond donors (Lipinski definition) is 0. The van der Waals surface area contributed by atoms with Crippen molar-refractivity contribution in [3.63, 3.8) is 0 Å². The van der Waals surface area contributed by atoms with Crippen LogP contribution in [-0.2, 0) is 6.42 Å². The Morgan fingerprint density at radius 2 is 1.67 bits per heavy atom. The molecule has 0 atom stereocenters. The molecule has 0 aliphatic carbocycles. The maximum atomic E-state index is 3.44. The fourth-order valence-electron chi connectivity index (χ4n) is 1.84. The fraction of sp³-hybridized carbons (Fsp3) is 0.714. The van der Waals surface area contributed by atoms with Gasteiger partial charge in [0.2, 0.25) is 0 Å². The van der Waals surface area contributed by atoms with Crippen LogP contribution in [0.1, 0.15) is 63.9 Å². The molecule has 0 saturated carbocycles. The predicted molar refractivity (Wildman–Crippen MR) is 68.5 cm³/mol. The quantitative estimate of drug-likeness (QED) is 0.465. The van der Waals surface area contributed by atoms with Gasteiger partial charge in [0.1, 0.15) is 0 Å². The Kier molecular flexibility index (Phi) is 8.05. The van der Waals surface area contributed by atoms with Gasteiger partial charge in [0.05, 0.1) is 0 Å². The first-order valence-electron chi connectivity index (χ1n) is 6.37. The van der Waals surface area contributed by atoms with Crippen molar-refractivity contribution in [2.75, 3.05) is 0 Å². The zero-order valence-corrected chi connectivity index (χ0v) is 11.6. The second-order valence-corrected chi connectivity index (χ2v) is 5.77. The number of rotatable bonds is 9. The summed E-state index contributed by atoms with van der Waals surface area (Å²) < 4.78 is 0. The van der Waals surface area contributed by atoms with Crippen molar-refractivity contribution in [2.24, 2.45) is 0 Å². The summed E-state index contributed by atoms with van der Waals surface area (Å²) in [5, 5.41) is 0. The van der Waals surface area contributed by atoms with Gasteiger partial charge in [-0.2, -0.15) is 0 Å². The molecule has 0 aliphatic heterocycles. The van der Waals surface area contributed by atoms with Gasteiger partial charge in [0, 0.05) is 0 Å². The second-order valence-electron chi connectivity index (χ2n) is 4.27. The molecule has 1 heterocycles. The van der Waals surface area contributed by atoms with E-state index in [0.717, 1.165) is 0 Å². The summed E-state index contributed by atoms with van der Waals surface area (Å²) in [6, 6.07) is 2.27. The Morgan fingerprint density at radius 3 is 2.27 bits per heavy atom. The van der Waals surface area contributed by atoms with Gasteiger partial charge in [-0.15, -0.1) is 0 Å². The van der Waals surface area contributed by atoms with Gasteiger partial charge in [-0.1, -0.05) is 0 Å². The van der Waals surface area contributed by atoms with E-state index in [1.165, 1.54) is 63.4 Å². The molecule has 0 aromatic carbocycles. The molecule has 0 spiro atoms. The molecule has 0 aliphatic rings. The molecule has 0 fully saturated rings. The van der Waals surface area contributed by atoms with E-state index in [0.29, 0.717) is 14.5 Å². The number of unbranched alkanes of at least 4 members (excludes halogenated alkanes) is 7. The minimum absolute atomic E-state index is 0.565. The minimum atomic E-state index is 0.565. The molecule has 0 bridgehead atoms. The third-order valence-electron chi connectivity index (χ3n) is 2.83. The van der Waals surface area contributed by atoms with Crippen molar-refractivity contribution < 1.29 is 0 Å². The van der Waals surface area contributed by atoms with Crippen LogP contribution in [0.15, 0.2) is 11.0 Å². The van der Waals surface area contributed by atoms with Gasteiger partial charge in [0.25, 0.3) is 0 Å². The molecule has 0 saturated heterocycles. The molecule has 1 aromatic rings. The normalized spacial score (nSPS) is 10.7. The van der Waals surface area contributed by atoms with Crippen LogP contribution in [0.3, 0.4) is 0 Å². The molecule has 1 radical (unpaired) electrons. The third kappa shape index (κ3) is 6.98. The van der Waals surface area contributed by atoms with E-state index in [-0.39, 0.29) is 0 Å². The number of aryl methyl sites for hydroxylation is 1. The van der Waals surface area contributed by atoms with Gasteiger partial charge < -0.3 is 0 Å². The Morgan fingerprint density at radius 1 is 1.00 bits per heavy atom. The molecule has 0 N–H and O–H groups in total. The SMILES string of the molecule is CCCCCCCCCCc1[c][se]cc1. The first-order valence-corrected chi connectivity index (χ1v) is 8.22. The summed E-state index contributed by atoms with van der Waals surface area (Å²) in [7, 11) is 0. The topological polar surface area (TPSA) is 0 Å². The van der Waals surface area contributed by atoms with Crippen LogP contribution in [0.25, 0.3) is 0 Å². The number of hydrogen-bond acceptors (Lipinski definition) is 0. The third-order valence-corrected chi connectivity index (χ3v) is 4.20. The molecule has 85 valence electrons. The van der Waals surface area contributed by atoms with Gasteiger partial charge in [0.15, 0.2) is 0 Å². The van der Waals surface area contributed by atoms with Gasteiger partial charge in [-0.05, 0) is 0 Å². The molecule has 0 unspecified atom stereocenters. The molecule has 0 nitrogen and oxygen atoms in total. The molecule has 0 amide bonds. The van der Waals surface area contributed by atoms with E-state index < -0.39 is 0 Å². The van der Waals surface area contributed by atoms with E-state index in [4.69, 9.17) is 0 Å². The molecule has 1 rings (SSSR count). The van der Waals surface area contributed by atoms with Crippen LogP contribution in [0, 0.1) is 4.94 Å². The predicted octanol–water partition coefficient (Wildman–Crippen LogP) is 4.23. The molecule has 1 aromatic heterocycles. The summed E-state index contributed by atoms with van der Waals surface area (Å²) in [6.07, 6.45) is 12.6. The van der Waals surface area contributed by atoms with Crippen LogP contribution < -0.4 is 0 Å². The second kappa shape index (κ2) is 9.24. The van der Waals surface area contributed by atoms with Crippen molar-refractivity contribution in [1.82, 2.24) is 0 Å². The van der Waals surface area contributed by atoms with Crippen molar-refractivity contribution >= 4 is 14.5 Å². The van der Waals surface area contributed by atoms with Crippen molar-refractivity contribution in [3.05, 3.63) is 21.5 Å². The molecular formula is C14H23Se. The standard InChI is InChI=1S/C14H23Se/c1-2-3-4-5-6-7-8-9-10-14-11-12-15-13-14/h11-12H,2-10H2,1H3. The van der Waals surface area contributed by atoms with E-state index in [9.17, 15) is 0 Å². The Hall–Kier alpha value is -0.000519. The zero-order chi connectivity index (χ0) is 10.8. The molecule has 1 heteroatoms. The van der Waals surface area contributed by atoms with E-state index >= 15 is 0 Å². The van der Waals surface area contributed by atoms with Crippen LogP contribution in [0.5, 0.6) is 0 Å². The maximum absolute atomic E-state index is 3.44. The molecule has 15 heavy (non-hydrogen) atoms. The average molecular weight is 270 g/mol. The van der Waals surface area contributed by atoms with E-state index in [2.05, 4.69) is 22.9 Å². The summed E-state index contributed by atoms with van der Waals surface area (Å²) in [5.74, 6) is 0. The van der Waals surface area contributed by atoms with Crippen LogP contribution in [0.2, 0.25) is 0 Å². The van der Waals surface area contributed by atoms with Crippen LogP contribution in [0.4, 0.5) is 0 Å². The summed E-state index contributed by atoms with van der Waals surface area (Å²) in [4.78, 5) is 5.71. The average Bonchev–Trinajstić information content (AvgIpc) is 2.75. The van der Waals surface area contributed by atoms with Crippen molar-refractivity contribution in [2.45, 2.75) is 64.7 Å². The van der Waals surface area contributed by atoms with Crippen LogP contribution in [-0.4, -0.2) is 14.5 Å².